The number of benzene rings is 2. The Bertz CT molecular complexity index is 897. The first-order chi connectivity index (χ1) is 11.9. The maximum Gasteiger partial charge on any atom is 0.283 e. The number of nitrogens with one attached hydrogen (secondary N) is 1. The summed E-state index contributed by atoms with van der Waals surface area (Å²) < 4.78 is 0. The third-order valence-electron chi connectivity index (χ3n) is 4.08. The molecule has 1 heterocycles. The fourth-order valence-corrected chi connectivity index (χ4v) is 2.95. The van der Waals surface area contributed by atoms with E-state index in [2.05, 4.69) is 5.32 Å². The van der Waals surface area contributed by atoms with E-state index in [1.165, 1.54) is 12.1 Å². The van der Waals surface area contributed by atoms with Gasteiger partial charge in [0.15, 0.2) is 0 Å². The van der Waals surface area contributed by atoms with Crippen LogP contribution in [0.2, 0.25) is 5.02 Å². The van der Waals surface area contributed by atoms with Gasteiger partial charge in [-0.05, 0) is 42.3 Å². The molecule has 128 valence electrons. The normalized spacial score (nSPS) is 13.4. The van der Waals surface area contributed by atoms with E-state index >= 15 is 0 Å². The van der Waals surface area contributed by atoms with Gasteiger partial charge < -0.3 is 10.2 Å². The number of carbonyl (C=O) groups is 2. The Morgan fingerprint density at radius 2 is 2.00 bits per heavy atom. The van der Waals surface area contributed by atoms with Crippen LogP contribution in [-0.2, 0) is 11.2 Å². The zero-order valence-electron chi connectivity index (χ0n) is 13.3. The van der Waals surface area contributed by atoms with Gasteiger partial charge in [-0.1, -0.05) is 11.6 Å². The van der Waals surface area contributed by atoms with Crippen molar-refractivity contribution in [3.8, 4) is 0 Å². The summed E-state index contributed by atoms with van der Waals surface area (Å²) in [6.07, 6.45) is 0.993. The van der Waals surface area contributed by atoms with Crippen LogP contribution in [0.5, 0.6) is 0 Å². The average Bonchev–Trinajstić information content (AvgIpc) is 2.58. The SMILES string of the molecule is CN1C(=O)CCc2cc(NC(=O)c3ccc(Cl)cc3[N+](=O)[O-])ccc21. The Kier molecular flexibility index (Phi) is 4.41. The lowest BCUT2D eigenvalue weighted by molar-refractivity contribution is -0.385. The van der Waals surface area contributed by atoms with Gasteiger partial charge in [0, 0.05) is 35.9 Å². The first-order valence-corrected chi connectivity index (χ1v) is 7.89. The molecule has 2 aromatic rings. The predicted molar refractivity (Wildman–Crippen MR) is 94.2 cm³/mol. The van der Waals surface area contributed by atoms with Crippen LogP contribution in [0, 0.1) is 10.1 Å². The summed E-state index contributed by atoms with van der Waals surface area (Å²) in [6, 6.07) is 9.07. The van der Waals surface area contributed by atoms with Gasteiger partial charge in [0.2, 0.25) is 5.91 Å². The predicted octanol–water partition coefficient (Wildman–Crippen LogP) is 3.41. The van der Waals surface area contributed by atoms with E-state index in [0.29, 0.717) is 18.5 Å². The van der Waals surface area contributed by atoms with Gasteiger partial charge in [-0.25, -0.2) is 0 Å². The van der Waals surface area contributed by atoms with Crippen LogP contribution in [0.3, 0.4) is 0 Å². The molecule has 1 aliphatic heterocycles. The highest BCUT2D eigenvalue weighted by molar-refractivity contribution is 6.31. The molecule has 1 N–H and O–H groups in total. The molecule has 0 bridgehead atoms. The molecular weight excluding hydrogens is 346 g/mol. The molecule has 0 atom stereocenters. The number of halogens is 1. The van der Waals surface area contributed by atoms with Crippen molar-refractivity contribution in [2.75, 3.05) is 17.3 Å². The molecule has 0 aromatic heterocycles. The molecule has 2 amide bonds. The van der Waals surface area contributed by atoms with Crippen molar-refractivity contribution in [1.29, 1.82) is 0 Å². The number of hydrogen-bond acceptors (Lipinski definition) is 4. The number of carbonyl (C=O) groups excluding carboxylic acids is 2. The number of hydrogen-bond donors (Lipinski definition) is 1. The molecule has 0 radical (unpaired) electrons. The molecule has 0 aliphatic carbocycles. The van der Waals surface area contributed by atoms with Crippen LogP contribution < -0.4 is 10.2 Å². The Hall–Kier alpha value is -2.93. The third-order valence-corrected chi connectivity index (χ3v) is 4.32. The van der Waals surface area contributed by atoms with E-state index in [4.69, 9.17) is 11.6 Å². The van der Waals surface area contributed by atoms with Crippen LogP contribution in [0.15, 0.2) is 36.4 Å². The number of rotatable bonds is 3. The minimum absolute atomic E-state index is 0.0427. The highest BCUT2D eigenvalue weighted by Gasteiger charge is 2.23. The van der Waals surface area contributed by atoms with Crippen molar-refractivity contribution in [2.24, 2.45) is 0 Å². The first-order valence-electron chi connectivity index (χ1n) is 7.51. The highest BCUT2D eigenvalue weighted by atomic mass is 35.5. The summed E-state index contributed by atoms with van der Waals surface area (Å²) in [5.41, 5.74) is 1.82. The second-order valence-corrected chi connectivity index (χ2v) is 6.11. The number of amides is 2. The summed E-state index contributed by atoms with van der Waals surface area (Å²) in [5, 5.41) is 14.0. The lowest BCUT2D eigenvalue weighted by atomic mass is 10.0. The molecule has 0 saturated heterocycles. The van der Waals surface area contributed by atoms with Crippen molar-refractivity contribution >= 4 is 40.5 Å². The van der Waals surface area contributed by atoms with Crippen LogP contribution in [0.25, 0.3) is 0 Å². The molecule has 3 rings (SSSR count). The van der Waals surface area contributed by atoms with Crippen LogP contribution in [-0.4, -0.2) is 23.8 Å². The van der Waals surface area contributed by atoms with E-state index in [-0.39, 0.29) is 22.2 Å². The standard InChI is InChI=1S/C17H14ClN3O4/c1-20-14-6-4-12(8-10(14)2-7-16(20)22)19-17(23)13-5-3-11(18)9-15(13)21(24)25/h3-6,8-9H,2,7H2,1H3,(H,19,23). The van der Waals surface area contributed by atoms with Gasteiger partial charge in [0.1, 0.15) is 5.56 Å². The van der Waals surface area contributed by atoms with Crippen molar-refractivity contribution in [3.05, 3.63) is 62.7 Å². The second-order valence-electron chi connectivity index (χ2n) is 5.67. The van der Waals surface area contributed by atoms with Crippen LogP contribution >= 0.6 is 11.6 Å². The van der Waals surface area contributed by atoms with E-state index in [1.807, 2.05) is 0 Å². The minimum atomic E-state index is -0.645. The van der Waals surface area contributed by atoms with Gasteiger partial charge in [-0.2, -0.15) is 0 Å². The molecule has 8 heteroatoms. The number of nitro benzene ring substituents is 1. The van der Waals surface area contributed by atoms with Gasteiger partial charge in [0.05, 0.1) is 4.92 Å². The fraction of sp³-hybridized carbons (Fsp3) is 0.176. The summed E-state index contributed by atoms with van der Waals surface area (Å²) in [5.74, 6) is -0.551. The van der Waals surface area contributed by atoms with Gasteiger partial charge in [-0.15, -0.1) is 0 Å². The van der Waals surface area contributed by atoms with Crippen molar-refractivity contribution in [2.45, 2.75) is 12.8 Å². The quantitative estimate of drug-likeness (QED) is 0.671. The molecule has 0 unspecified atom stereocenters. The highest BCUT2D eigenvalue weighted by Crippen LogP contribution is 2.30. The zero-order valence-corrected chi connectivity index (χ0v) is 14.0. The van der Waals surface area contributed by atoms with Crippen molar-refractivity contribution < 1.29 is 14.5 Å². The van der Waals surface area contributed by atoms with Crippen LogP contribution in [0.1, 0.15) is 22.3 Å². The Labute approximate surface area is 148 Å². The molecule has 0 fully saturated rings. The second kappa shape index (κ2) is 6.52. The molecular formula is C17H14ClN3O4. The number of nitro groups is 1. The summed E-state index contributed by atoms with van der Waals surface area (Å²) in [6.45, 7) is 0. The number of nitrogens with zero attached hydrogens (tertiary/aromatic N) is 2. The molecule has 0 saturated carbocycles. The number of fused-ring (bicyclic) bond motifs is 1. The topological polar surface area (TPSA) is 92.6 Å². The maximum atomic E-state index is 12.4. The number of anilines is 2. The maximum absolute atomic E-state index is 12.4. The van der Waals surface area contributed by atoms with E-state index in [1.54, 1.807) is 30.1 Å². The summed E-state index contributed by atoms with van der Waals surface area (Å²) >= 11 is 5.76. The lowest BCUT2D eigenvalue weighted by Gasteiger charge is -2.26. The summed E-state index contributed by atoms with van der Waals surface area (Å²) in [4.78, 5) is 36.2. The Morgan fingerprint density at radius 1 is 1.24 bits per heavy atom. The van der Waals surface area contributed by atoms with Gasteiger partial charge in [0.25, 0.3) is 11.6 Å². The Balaban J connectivity index is 1.88. The third kappa shape index (κ3) is 3.32. The van der Waals surface area contributed by atoms with Gasteiger partial charge in [-0.3, -0.25) is 19.7 Å². The Morgan fingerprint density at radius 3 is 2.72 bits per heavy atom. The minimum Gasteiger partial charge on any atom is -0.322 e. The van der Waals surface area contributed by atoms with E-state index in [9.17, 15) is 19.7 Å². The van der Waals surface area contributed by atoms with Crippen molar-refractivity contribution in [1.82, 2.24) is 0 Å². The van der Waals surface area contributed by atoms with E-state index in [0.717, 1.165) is 17.3 Å². The van der Waals surface area contributed by atoms with Gasteiger partial charge >= 0.3 is 0 Å². The first kappa shape index (κ1) is 16.9. The molecule has 25 heavy (non-hydrogen) atoms. The molecule has 7 nitrogen and oxygen atoms in total. The smallest absolute Gasteiger partial charge is 0.283 e. The van der Waals surface area contributed by atoms with E-state index < -0.39 is 10.8 Å². The lowest BCUT2D eigenvalue weighted by Crippen LogP contribution is -2.31. The number of aryl methyl sites for hydroxylation is 1. The fourth-order valence-electron chi connectivity index (χ4n) is 2.78. The molecule has 0 spiro atoms. The van der Waals surface area contributed by atoms with Crippen molar-refractivity contribution in [3.63, 3.8) is 0 Å². The monoisotopic (exact) mass is 359 g/mol. The zero-order chi connectivity index (χ0) is 18.1. The largest absolute Gasteiger partial charge is 0.322 e. The average molecular weight is 360 g/mol. The van der Waals surface area contributed by atoms with Crippen LogP contribution in [0.4, 0.5) is 17.1 Å². The summed E-state index contributed by atoms with van der Waals surface area (Å²) in [7, 11) is 1.70. The molecule has 2 aromatic carbocycles. The molecule has 1 aliphatic rings.